The number of aryl methyl sites for hydroxylation is 1. The smallest absolute Gasteiger partial charge is 0.410 e. The fraction of sp³-hybridized carbons (Fsp3) is 0.720. The van der Waals surface area contributed by atoms with Gasteiger partial charge < -0.3 is 19.8 Å². The monoisotopic (exact) mass is 798 g/mol. The highest BCUT2D eigenvalue weighted by molar-refractivity contribution is 7.14. The minimum Gasteiger partial charge on any atom is -0.446 e. The second kappa shape index (κ2) is 16.2. The SMILES string of the molecule is CC1=CCC[C@@]2(C)[C@@H](CC[C@@]2(O)CN(CC23CC4CC(CC(C4)C2)C3)C(=O)O[C@H]2C[C@@H](C)CC[C@@H]2C(C)C)c2ccc(cc2C(=O)c2ccc(C)s2)C[C@@H](O)CC1. The predicted octanol–water partition coefficient (Wildman–Crippen LogP) is 11.4. The van der Waals surface area contributed by atoms with Crippen LogP contribution in [0.2, 0.25) is 0 Å². The van der Waals surface area contributed by atoms with Crippen LogP contribution < -0.4 is 0 Å². The number of hydrogen-bond acceptors (Lipinski definition) is 6. The lowest BCUT2D eigenvalue weighted by molar-refractivity contribution is -0.108. The van der Waals surface area contributed by atoms with Crippen LogP contribution in [-0.2, 0) is 11.2 Å². The first-order valence-electron chi connectivity index (χ1n) is 22.9. The number of carbonyl (C=O) groups is 2. The van der Waals surface area contributed by atoms with E-state index in [1.54, 1.807) is 0 Å². The van der Waals surface area contributed by atoms with E-state index in [-0.39, 0.29) is 35.9 Å². The standard InChI is InChI=1S/C50H71NO5S/c1-31(2)40-14-10-33(4)20-44(40)56-47(54)51(29-49-26-36-21-37(27-49)23-38(22-36)28-49)30-50(55)19-17-43-41-15-12-35(25-42(41)46(53)45-16-11-34(5)57-45)24-39(52)13-9-32(3)8-7-18-48(43,50)6/h8,11-12,15-16,25,31,33,36-40,43-44,52,55H,7,9-10,13-14,17-24,26-30H2,1-6H3/t33-,36?,37?,38?,39-,40+,43-,44-,48-,49?,50+/m0/s1. The van der Waals surface area contributed by atoms with E-state index >= 15 is 0 Å². The number of benzene rings is 1. The molecule has 7 atom stereocenters. The number of rotatable bonds is 8. The third-order valence-electron chi connectivity index (χ3n) is 16.5. The molecule has 0 aliphatic heterocycles. The largest absolute Gasteiger partial charge is 0.446 e. The minimum atomic E-state index is -1.18. The van der Waals surface area contributed by atoms with E-state index in [4.69, 9.17) is 4.74 Å². The number of carbonyl (C=O) groups excluding carboxylic acids is 2. The maximum atomic E-state index is 15.0. The Balaban J connectivity index is 1.17. The van der Waals surface area contributed by atoms with Crippen LogP contribution in [0.15, 0.2) is 42.0 Å². The molecular weight excluding hydrogens is 727 g/mol. The Bertz CT molecular complexity index is 1790. The second-order valence-corrected chi connectivity index (χ2v) is 22.5. The molecule has 0 spiro atoms. The molecule has 1 amide bonds. The van der Waals surface area contributed by atoms with Crippen LogP contribution in [0.3, 0.4) is 0 Å². The molecule has 0 unspecified atom stereocenters. The summed E-state index contributed by atoms with van der Waals surface area (Å²) >= 11 is 1.53. The Morgan fingerprint density at radius 1 is 0.930 bits per heavy atom. The first-order valence-corrected chi connectivity index (χ1v) is 23.7. The fourth-order valence-electron chi connectivity index (χ4n) is 13.7. The number of allylic oxidation sites excluding steroid dienone is 2. The number of aliphatic hydroxyl groups excluding tert-OH is 1. The number of ether oxygens (including phenoxy) is 1. The lowest BCUT2D eigenvalue weighted by atomic mass is 9.49. The Kier molecular flexibility index (Phi) is 11.7. The lowest BCUT2D eigenvalue weighted by Gasteiger charge is -2.58. The maximum Gasteiger partial charge on any atom is 0.410 e. The molecule has 1 aromatic carbocycles. The second-order valence-electron chi connectivity index (χ2n) is 21.2. The Hall–Kier alpha value is -2.48. The normalized spacial score (nSPS) is 37.8. The number of hydrogen-bond donors (Lipinski definition) is 2. The highest BCUT2D eigenvalue weighted by Gasteiger charge is 2.59. The summed E-state index contributed by atoms with van der Waals surface area (Å²) in [5.41, 5.74) is 2.23. The van der Waals surface area contributed by atoms with Gasteiger partial charge in [-0.15, -0.1) is 11.3 Å². The van der Waals surface area contributed by atoms with E-state index in [0.29, 0.717) is 49.1 Å². The molecule has 8 aliphatic rings. The summed E-state index contributed by atoms with van der Waals surface area (Å²) in [6.07, 6.45) is 17.1. The molecule has 6 bridgehead atoms. The average Bonchev–Trinajstić information content (AvgIpc) is 3.69. The van der Waals surface area contributed by atoms with E-state index in [1.807, 2.05) is 30.0 Å². The van der Waals surface area contributed by atoms with Gasteiger partial charge in [-0.1, -0.05) is 57.9 Å². The van der Waals surface area contributed by atoms with E-state index in [0.717, 1.165) is 77.2 Å². The van der Waals surface area contributed by atoms with Gasteiger partial charge in [0.2, 0.25) is 5.78 Å². The van der Waals surface area contributed by atoms with Crippen molar-refractivity contribution in [1.29, 1.82) is 0 Å². The molecule has 57 heavy (non-hydrogen) atoms. The van der Waals surface area contributed by atoms with Crippen molar-refractivity contribution >= 4 is 23.2 Å². The van der Waals surface area contributed by atoms with Gasteiger partial charge in [-0.05, 0) is 186 Å². The van der Waals surface area contributed by atoms with E-state index in [2.05, 4.69) is 52.8 Å². The van der Waals surface area contributed by atoms with Crippen LogP contribution in [0.25, 0.3) is 0 Å². The quantitative estimate of drug-likeness (QED) is 0.205. The molecule has 2 aromatic rings. The zero-order chi connectivity index (χ0) is 40.3. The number of thiophene rings is 1. The van der Waals surface area contributed by atoms with Crippen molar-refractivity contribution in [2.45, 2.75) is 168 Å². The average molecular weight is 798 g/mol. The molecule has 6 nitrogen and oxygen atoms in total. The number of aliphatic hydroxyl groups is 2. The summed E-state index contributed by atoms with van der Waals surface area (Å²) in [7, 11) is 0. The van der Waals surface area contributed by atoms with Crippen LogP contribution in [0.1, 0.15) is 168 Å². The van der Waals surface area contributed by atoms with Crippen LogP contribution in [-0.4, -0.2) is 57.9 Å². The van der Waals surface area contributed by atoms with Crippen molar-refractivity contribution in [2.24, 2.45) is 46.3 Å². The van der Waals surface area contributed by atoms with Crippen molar-refractivity contribution in [2.75, 3.05) is 13.1 Å². The Morgan fingerprint density at radius 2 is 1.65 bits per heavy atom. The summed E-state index contributed by atoms with van der Waals surface area (Å²) in [5, 5.41) is 24.6. The molecule has 312 valence electrons. The van der Waals surface area contributed by atoms with Gasteiger partial charge in [-0.25, -0.2) is 4.79 Å². The first-order chi connectivity index (χ1) is 27.1. The van der Waals surface area contributed by atoms with Gasteiger partial charge in [-0.3, -0.25) is 4.79 Å². The van der Waals surface area contributed by atoms with Crippen molar-refractivity contribution in [3.05, 3.63) is 68.4 Å². The zero-order valence-corrected chi connectivity index (χ0v) is 36.7. The molecule has 6 saturated carbocycles. The van der Waals surface area contributed by atoms with E-state index < -0.39 is 17.1 Å². The molecular formula is C50H71NO5S. The number of fused-ring (bicyclic) bond motifs is 8. The van der Waals surface area contributed by atoms with Crippen LogP contribution in [0.4, 0.5) is 4.79 Å². The highest BCUT2D eigenvalue weighted by atomic mass is 32.1. The zero-order valence-electron chi connectivity index (χ0n) is 35.9. The van der Waals surface area contributed by atoms with Crippen LogP contribution >= 0.6 is 11.3 Å². The Morgan fingerprint density at radius 3 is 2.32 bits per heavy atom. The summed E-state index contributed by atoms with van der Waals surface area (Å²) in [6.45, 7) is 14.2. The maximum absolute atomic E-state index is 15.0. The molecule has 6 fully saturated rings. The van der Waals surface area contributed by atoms with Gasteiger partial charge in [-0.2, -0.15) is 0 Å². The lowest BCUT2D eigenvalue weighted by Crippen LogP contribution is -2.58. The molecule has 0 radical (unpaired) electrons. The van der Waals surface area contributed by atoms with Gasteiger partial charge in [0, 0.05) is 22.4 Å². The van der Waals surface area contributed by atoms with Crippen molar-refractivity contribution in [3.8, 4) is 0 Å². The predicted molar refractivity (Wildman–Crippen MR) is 230 cm³/mol. The summed E-state index contributed by atoms with van der Waals surface area (Å²) in [5.74, 6) is 3.54. The number of amides is 1. The number of nitrogens with zero attached hydrogens (tertiary/aromatic N) is 1. The minimum absolute atomic E-state index is 0.0218. The molecule has 0 saturated heterocycles. The number of ketones is 1. The summed E-state index contributed by atoms with van der Waals surface area (Å²) in [6, 6.07) is 10.2. The molecule has 7 heteroatoms. The van der Waals surface area contributed by atoms with Gasteiger partial charge in [0.15, 0.2) is 0 Å². The third kappa shape index (κ3) is 8.34. The molecule has 1 aromatic heterocycles. The fourth-order valence-corrected chi connectivity index (χ4v) is 14.6. The van der Waals surface area contributed by atoms with Crippen LogP contribution in [0.5, 0.6) is 0 Å². The van der Waals surface area contributed by atoms with E-state index in [9.17, 15) is 19.8 Å². The van der Waals surface area contributed by atoms with Crippen molar-refractivity contribution < 1.29 is 24.5 Å². The topological polar surface area (TPSA) is 87.1 Å². The van der Waals surface area contributed by atoms with Crippen molar-refractivity contribution in [3.63, 3.8) is 0 Å². The molecule has 10 rings (SSSR count). The molecule has 1 heterocycles. The van der Waals surface area contributed by atoms with Crippen molar-refractivity contribution in [1.82, 2.24) is 4.90 Å². The highest BCUT2D eigenvalue weighted by Crippen LogP contribution is 2.62. The summed E-state index contributed by atoms with van der Waals surface area (Å²) in [4.78, 5) is 33.3. The van der Waals surface area contributed by atoms with Crippen LogP contribution in [0, 0.1) is 53.3 Å². The third-order valence-corrected chi connectivity index (χ3v) is 17.5. The van der Waals surface area contributed by atoms with Gasteiger partial charge in [0.25, 0.3) is 0 Å². The Labute approximate surface area is 347 Å². The van der Waals surface area contributed by atoms with Gasteiger partial charge in [0.05, 0.1) is 23.1 Å². The van der Waals surface area contributed by atoms with E-state index in [1.165, 1.54) is 61.9 Å². The molecule has 2 N–H and O–H groups in total. The first kappa shape index (κ1) is 41.3. The summed E-state index contributed by atoms with van der Waals surface area (Å²) < 4.78 is 6.72. The molecule has 8 aliphatic carbocycles. The van der Waals surface area contributed by atoms with Gasteiger partial charge in [0.1, 0.15) is 6.10 Å². The van der Waals surface area contributed by atoms with Gasteiger partial charge >= 0.3 is 6.09 Å².